The van der Waals surface area contributed by atoms with Gasteiger partial charge in [-0.05, 0) is 37.5 Å². The van der Waals surface area contributed by atoms with Gasteiger partial charge < -0.3 is 0 Å². The van der Waals surface area contributed by atoms with Crippen LogP contribution in [0, 0.1) is 5.82 Å². The molecule has 0 aliphatic rings. The first-order valence-electron chi connectivity index (χ1n) is 7.23. The Kier molecular flexibility index (Phi) is 7.09. The molecule has 0 saturated heterocycles. The van der Waals surface area contributed by atoms with Crippen molar-refractivity contribution in [1.29, 1.82) is 0 Å². The molecule has 3 nitrogen and oxygen atoms in total. The zero-order valence-electron chi connectivity index (χ0n) is 13.4. The van der Waals surface area contributed by atoms with Gasteiger partial charge in [0.1, 0.15) is 5.82 Å². The van der Waals surface area contributed by atoms with Crippen LogP contribution in [0.1, 0.15) is 39.2 Å². The van der Waals surface area contributed by atoms with Crippen LogP contribution in [0.5, 0.6) is 0 Å². The summed E-state index contributed by atoms with van der Waals surface area (Å²) in [5.74, 6) is -0.00637. The number of aromatic nitrogens is 1. The third-order valence-electron chi connectivity index (χ3n) is 3.01. The number of rotatable bonds is 6. The first-order valence-corrected chi connectivity index (χ1v) is 7.23. The Morgan fingerprint density at radius 2 is 2.14 bits per heavy atom. The summed E-state index contributed by atoms with van der Waals surface area (Å²) < 4.78 is 13.3. The summed E-state index contributed by atoms with van der Waals surface area (Å²) in [4.78, 5) is 12.6. The van der Waals surface area contributed by atoms with Gasteiger partial charge in [-0.2, -0.15) is 0 Å². The number of pyridine rings is 1. The number of halogens is 1. The van der Waals surface area contributed by atoms with Gasteiger partial charge in [0.15, 0.2) is 5.84 Å². The second kappa shape index (κ2) is 8.82. The molecule has 22 heavy (non-hydrogen) atoms. The number of hydrogen-bond acceptors (Lipinski definition) is 2. The Labute approximate surface area is 131 Å². The minimum atomic E-state index is -0.419. The maximum Gasteiger partial charge on any atom is 0.160 e. The Bertz CT molecular complexity index is 639. The predicted octanol–water partition coefficient (Wildman–Crippen LogP) is 4.87. The topological polar surface area (TPSA) is 37.6 Å². The van der Waals surface area contributed by atoms with Crippen LogP contribution in [0.4, 0.5) is 4.39 Å². The van der Waals surface area contributed by atoms with E-state index in [1.54, 1.807) is 19.2 Å². The standard InChI is InChI=1S/C18H22FN3/c1-6-9-13(4)17(7-2)14(5)22-18(21-8-3)15-10-16(19)12-20-11-15/h7-8,10-12H,2,4,6,9H2,1,3,5H3/b17-14-,21-8-,22-18-. The van der Waals surface area contributed by atoms with Gasteiger partial charge in [0.2, 0.25) is 0 Å². The van der Waals surface area contributed by atoms with Gasteiger partial charge in [-0.3, -0.25) is 4.98 Å². The lowest BCUT2D eigenvalue weighted by atomic mass is 10.0. The van der Waals surface area contributed by atoms with Crippen LogP contribution in [0.25, 0.3) is 0 Å². The maximum absolute atomic E-state index is 13.3. The molecule has 0 amide bonds. The average molecular weight is 299 g/mol. The lowest BCUT2D eigenvalue weighted by molar-refractivity contribution is 0.621. The highest BCUT2D eigenvalue weighted by Gasteiger charge is 2.07. The molecule has 0 radical (unpaired) electrons. The SMILES string of the molecule is C=C/C(C(=C)CCC)=C(C)/N=C(\N=C/C)c1cncc(F)c1. The summed E-state index contributed by atoms with van der Waals surface area (Å²) in [5.41, 5.74) is 3.16. The minimum absolute atomic E-state index is 0.413. The van der Waals surface area contributed by atoms with E-state index in [0.29, 0.717) is 11.4 Å². The lowest BCUT2D eigenvalue weighted by Crippen LogP contribution is -2.01. The molecule has 0 fully saturated rings. The second-order valence-corrected chi connectivity index (χ2v) is 4.77. The molecule has 0 aliphatic heterocycles. The Hall–Kier alpha value is -2.36. The zero-order chi connectivity index (χ0) is 16.5. The van der Waals surface area contributed by atoms with Crippen molar-refractivity contribution in [3.63, 3.8) is 0 Å². The molecule has 0 aromatic carbocycles. The normalized spacial score (nSPS) is 13.2. The molecule has 4 heteroatoms. The van der Waals surface area contributed by atoms with E-state index in [0.717, 1.165) is 35.9 Å². The Morgan fingerprint density at radius 3 is 2.68 bits per heavy atom. The minimum Gasteiger partial charge on any atom is -0.261 e. The van der Waals surface area contributed by atoms with Gasteiger partial charge in [0.05, 0.1) is 6.20 Å². The zero-order valence-corrected chi connectivity index (χ0v) is 13.4. The number of allylic oxidation sites excluding steroid dienone is 4. The summed E-state index contributed by atoms with van der Waals surface area (Å²) in [6.45, 7) is 13.6. The van der Waals surface area contributed by atoms with Crippen molar-refractivity contribution in [3.05, 3.63) is 65.9 Å². The molecule has 0 bridgehead atoms. The number of aliphatic imine (C=N–C) groups is 2. The molecule has 0 N–H and O–H groups in total. The van der Waals surface area contributed by atoms with Crippen LogP contribution >= 0.6 is 0 Å². The highest BCUT2D eigenvalue weighted by molar-refractivity contribution is 6.03. The first-order chi connectivity index (χ1) is 10.5. The fourth-order valence-electron chi connectivity index (χ4n) is 2.03. The molecule has 1 aromatic rings. The Morgan fingerprint density at radius 1 is 1.41 bits per heavy atom. The lowest BCUT2D eigenvalue weighted by Gasteiger charge is -2.09. The molecular formula is C18H22FN3. The smallest absolute Gasteiger partial charge is 0.160 e. The van der Waals surface area contributed by atoms with Crippen LogP contribution in [0.15, 0.2) is 64.5 Å². The Balaban J connectivity index is 3.32. The molecule has 1 aromatic heterocycles. The second-order valence-electron chi connectivity index (χ2n) is 4.77. The van der Waals surface area contributed by atoms with Gasteiger partial charge in [-0.25, -0.2) is 14.4 Å². The van der Waals surface area contributed by atoms with Gasteiger partial charge in [-0.15, -0.1) is 0 Å². The predicted molar refractivity (Wildman–Crippen MR) is 91.8 cm³/mol. The fourth-order valence-corrected chi connectivity index (χ4v) is 2.03. The van der Waals surface area contributed by atoms with E-state index in [2.05, 4.69) is 35.1 Å². The summed E-state index contributed by atoms with van der Waals surface area (Å²) in [6.07, 6.45) is 7.93. The molecule has 1 rings (SSSR count). The summed E-state index contributed by atoms with van der Waals surface area (Å²) in [6, 6.07) is 1.36. The van der Waals surface area contributed by atoms with Crippen LogP contribution < -0.4 is 0 Å². The van der Waals surface area contributed by atoms with Crippen molar-refractivity contribution < 1.29 is 4.39 Å². The van der Waals surface area contributed by atoms with Gasteiger partial charge in [0, 0.05) is 23.7 Å². The monoisotopic (exact) mass is 299 g/mol. The maximum atomic E-state index is 13.3. The van der Waals surface area contributed by atoms with Crippen molar-refractivity contribution in [2.45, 2.75) is 33.6 Å². The fraction of sp³-hybridized carbons (Fsp3) is 0.278. The number of hydrogen-bond donors (Lipinski definition) is 0. The molecule has 1 heterocycles. The van der Waals surface area contributed by atoms with Crippen molar-refractivity contribution in [2.24, 2.45) is 9.98 Å². The summed E-state index contributed by atoms with van der Waals surface area (Å²) in [7, 11) is 0. The quantitative estimate of drug-likeness (QED) is 0.419. The van der Waals surface area contributed by atoms with Crippen LogP contribution in [-0.4, -0.2) is 17.0 Å². The molecule has 0 aliphatic carbocycles. The highest BCUT2D eigenvalue weighted by Crippen LogP contribution is 2.20. The first kappa shape index (κ1) is 17.7. The third-order valence-corrected chi connectivity index (χ3v) is 3.01. The van der Waals surface area contributed by atoms with Crippen molar-refractivity contribution in [3.8, 4) is 0 Å². The van der Waals surface area contributed by atoms with E-state index in [4.69, 9.17) is 0 Å². The van der Waals surface area contributed by atoms with E-state index >= 15 is 0 Å². The number of nitrogens with zero attached hydrogens (tertiary/aromatic N) is 3. The molecule has 0 atom stereocenters. The highest BCUT2D eigenvalue weighted by atomic mass is 19.1. The third kappa shape index (κ3) is 4.88. The molecule has 0 spiro atoms. The van der Waals surface area contributed by atoms with Crippen molar-refractivity contribution >= 4 is 12.1 Å². The van der Waals surface area contributed by atoms with Crippen molar-refractivity contribution in [2.75, 3.05) is 0 Å². The van der Waals surface area contributed by atoms with E-state index < -0.39 is 5.82 Å². The van der Waals surface area contributed by atoms with E-state index in [-0.39, 0.29) is 0 Å². The van der Waals surface area contributed by atoms with Gasteiger partial charge in [0.25, 0.3) is 0 Å². The average Bonchev–Trinajstić information content (AvgIpc) is 2.48. The van der Waals surface area contributed by atoms with E-state index in [1.807, 2.05) is 6.92 Å². The molecule has 116 valence electrons. The largest absolute Gasteiger partial charge is 0.261 e. The summed E-state index contributed by atoms with van der Waals surface area (Å²) in [5, 5.41) is 0. The van der Waals surface area contributed by atoms with Crippen LogP contribution in [0.3, 0.4) is 0 Å². The van der Waals surface area contributed by atoms with Crippen LogP contribution in [0.2, 0.25) is 0 Å². The van der Waals surface area contributed by atoms with E-state index in [9.17, 15) is 4.39 Å². The molecule has 0 saturated carbocycles. The van der Waals surface area contributed by atoms with Crippen molar-refractivity contribution in [1.82, 2.24) is 4.98 Å². The van der Waals surface area contributed by atoms with Gasteiger partial charge >= 0.3 is 0 Å². The molecular weight excluding hydrogens is 277 g/mol. The van der Waals surface area contributed by atoms with Gasteiger partial charge in [-0.1, -0.05) is 32.6 Å². The number of amidine groups is 1. The molecule has 0 unspecified atom stereocenters. The summed E-state index contributed by atoms with van der Waals surface area (Å²) >= 11 is 0. The van der Waals surface area contributed by atoms with E-state index in [1.165, 1.54) is 12.3 Å². The van der Waals surface area contributed by atoms with Crippen LogP contribution in [-0.2, 0) is 0 Å².